The summed E-state index contributed by atoms with van der Waals surface area (Å²) in [6.45, 7) is 2.58. The van der Waals surface area contributed by atoms with Gasteiger partial charge in [0.05, 0.1) is 6.61 Å². The topological polar surface area (TPSA) is 59.4 Å². The quantitative estimate of drug-likeness (QED) is 0.825. The molecule has 0 saturated carbocycles. The van der Waals surface area contributed by atoms with Crippen molar-refractivity contribution in [3.8, 4) is 5.75 Å². The van der Waals surface area contributed by atoms with E-state index in [4.69, 9.17) is 9.84 Å². The molecule has 0 saturated heterocycles. The van der Waals surface area contributed by atoms with Gasteiger partial charge in [0.1, 0.15) is 11.4 Å². The molecule has 1 aromatic carbocycles. The number of hydrogen-bond acceptors (Lipinski definition) is 4. The summed E-state index contributed by atoms with van der Waals surface area (Å²) in [6.07, 6.45) is 1.51. The number of carbonyl (C=O) groups is 1. The molecule has 4 nitrogen and oxygen atoms in total. The normalized spacial score (nSPS) is 10.2. The fraction of sp³-hybridized carbons (Fsp3) is 0.200. The van der Waals surface area contributed by atoms with Gasteiger partial charge in [0.15, 0.2) is 0 Å². The highest BCUT2D eigenvalue weighted by atomic mass is 32.2. The number of pyridine rings is 1. The van der Waals surface area contributed by atoms with E-state index in [0.29, 0.717) is 6.61 Å². The molecule has 0 atom stereocenters. The average molecular weight is 289 g/mol. The molecule has 5 heteroatoms. The molecule has 0 aliphatic rings. The monoisotopic (exact) mass is 289 g/mol. The number of thioether (sulfide) groups is 1. The number of benzene rings is 1. The minimum Gasteiger partial charge on any atom is -0.494 e. The molecule has 0 aliphatic heterocycles. The molecule has 20 heavy (non-hydrogen) atoms. The van der Waals surface area contributed by atoms with E-state index in [9.17, 15) is 4.79 Å². The van der Waals surface area contributed by atoms with E-state index < -0.39 is 5.97 Å². The smallest absolute Gasteiger partial charge is 0.354 e. The first-order chi connectivity index (χ1) is 9.70. The molecule has 0 spiro atoms. The minimum atomic E-state index is -1.01. The highest BCUT2D eigenvalue weighted by molar-refractivity contribution is 7.98. The van der Waals surface area contributed by atoms with E-state index in [0.717, 1.165) is 22.0 Å². The Kier molecular flexibility index (Phi) is 5.01. The number of carboxylic acids is 1. The van der Waals surface area contributed by atoms with Crippen molar-refractivity contribution >= 4 is 17.7 Å². The lowest BCUT2D eigenvalue weighted by Crippen LogP contribution is -1.99. The molecular formula is C15H15NO3S. The van der Waals surface area contributed by atoms with Crippen LogP contribution >= 0.6 is 11.8 Å². The maximum atomic E-state index is 10.9. The molecule has 104 valence electrons. The Morgan fingerprint density at radius 1 is 1.35 bits per heavy atom. The van der Waals surface area contributed by atoms with Crippen LogP contribution in [0, 0.1) is 0 Å². The first kappa shape index (κ1) is 14.4. The van der Waals surface area contributed by atoms with Gasteiger partial charge in [-0.2, -0.15) is 0 Å². The van der Waals surface area contributed by atoms with Crippen molar-refractivity contribution < 1.29 is 14.6 Å². The third-order valence-corrected chi connectivity index (χ3v) is 3.66. The Bertz CT molecular complexity index is 601. The van der Waals surface area contributed by atoms with Crippen LogP contribution in [0.4, 0.5) is 0 Å². The van der Waals surface area contributed by atoms with E-state index in [1.807, 2.05) is 31.2 Å². The van der Waals surface area contributed by atoms with Gasteiger partial charge in [0.25, 0.3) is 0 Å². The van der Waals surface area contributed by atoms with Gasteiger partial charge in [0.2, 0.25) is 0 Å². The molecule has 2 rings (SSSR count). The first-order valence-corrected chi connectivity index (χ1v) is 7.22. The van der Waals surface area contributed by atoms with Crippen LogP contribution in [0.25, 0.3) is 0 Å². The number of aromatic carboxylic acids is 1. The maximum Gasteiger partial charge on any atom is 0.354 e. The van der Waals surface area contributed by atoms with Crippen molar-refractivity contribution in [3.05, 3.63) is 53.9 Å². The van der Waals surface area contributed by atoms with E-state index in [2.05, 4.69) is 4.98 Å². The van der Waals surface area contributed by atoms with Gasteiger partial charge in [-0.15, -0.1) is 11.8 Å². The second-order valence-electron chi connectivity index (χ2n) is 4.01. The van der Waals surface area contributed by atoms with Crippen molar-refractivity contribution in [1.82, 2.24) is 4.98 Å². The van der Waals surface area contributed by atoms with Gasteiger partial charge >= 0.3 is 5.97 Å². The van der Waals surface area contributed by atoms with Gasteiger partial charge in [-0.25, -0.2) is 9.78 Å². The summed E-state index contributed by atoms with van der Waals surface area (Å²) in [4.78, 5) is 15.6. The number of para-hydroxylation sites is 1. The summed E-state index contributed by atoms with van der Waals surface area (Å²) in [5.74, 6) is 0.580. The number of nitrogens with zero attached hydrogens (tertiary/aromatic N) is 1. The average Bonchev–Trinajstić information content (AvgIpc) is 2.47. The van der Waals surface area contributed by atoms with Crippen LogP contribution in [0.15, 0.2) is 47.5 Å². The SMILES string of the molecule is CCOc1ccccc1CSc1ccnc(C(=O)O)c1. The van der Waals surface area contributed by atoms with Crippen LogP contribution in [0.5, 0.6) is 5.75 Å². The predicted molar refractivity (Wildman–Crippen MR) is 78.4 cm³/mol. The molecule has 2 aromatic rings. The number of carboxylic acid groups (broad SMARTS) is 1. The van der Waals surface area contributed by atoms with E-state index in [1.165, 1.54) is 6.20 Å². The van der Waals surface area contributed by atoms with Crippen LogP contribution in [0.2, 0.25) is 0 Å². The standard InChI is InChI=1S/C15H15NO3S/c1-2-19-14-6-4-3-5-11(14)10-20-12-7-8-16-13(9-12)15(17)18/h3-9H,2,10H2,1H3,(H,17,18). The molecular weight excluding hydrogens is 274 g/mol. The Hall–Kier alpha value is -2.01. The van der Waals surface area contributed by atoms with Crippen molar-refractivity contribution in [2.45, 2.75) is 17.6 Å². The Morgan fingerprint density at radius 3 is 2.90 bits per heavy atom. The second kappa shape index (κ2) is 6.96. The summed E-state index contributed by atoms with van der Waals surface area (Å²) >= 11 is 1.56. The number of ether oxygens (including phenoxy) is 1. The third kappa shape index (κ3) is 3.74. The summed E-state index contributed by atoms with van der Waals surface area (Å²) < 4.78 is 5.57. The zero-order valence-corrected chi connectivity index (χ0v) is 11.9. The lowest BCUT2D eigenvalue weighted by Gasteiger charge is -2.09. The van der Waals surface area contributed by atoms with Gasteiger partial charge < -0.3 is 9.84 Å². The van der Waals surface area contributed by atoms with Gasteiger partial charge in [0, 0.05) is 22.4 Å². The molecule has 0 fully saturated rings. The van der Waals surface area contributed by atoms with Crippen molar-refractivity contribution in [1.29, 1.82) is 0 Å². The Morgan fingerprint density at radius 2 is 2.15 bits per heavy atom. The summed E-state index contributed by atoms with van der Waals surface area (Å²) in [5, 5.41) is 8.92. The predicted octanol–water partition coefficient (Wildman–Crippen LogP) is 3.47. The summed E-state index contributed by atoms with van der Waals surface area (Å²) in [6, 6.07) is 11.2. The van der Waals surface area contributed by atoms with Gasteiger partial charge in [-0.3, -0.25) is 0 Å². The largest absolute Gasteiger partial charge is 0.494 e. The van der Waals surface area contributed by atoms with Crippen molar-refractivity contribution in [2.24, 2.45) is 0 Å². The molecule has 0 bridgehead atoms. The molecule has 0 amide bonds. The zero-order valence-electron chi connectivity index (χ0n) is 11.1. The highest BCUT2D eigenvalue weighted by Crippen LogP contribution is 2.28. The molecule has 0 radical (unpaired) electrons. The molecule has 1 N–H and O–H groups in total. The molecule has 0 aliphatic carbocycles. The summed E-state index contributed by atoms with van der Waals surface area (Å²) in [5.41, 5.74) is 1.15. The summed E-state index contributed by atoms with van der Waals surface area (Å²) in [7, 11) is 0. The van der Waals surface area contributed by atoms with Crippen LogP contribution in [0.3, 0.4) is 0 Å². The van der Waals surface area contributed by atoms with E-state index >= 15 is 0 Å². The lowest BCUT2D eigenvalue weighted by molar-refractivity contribution is 0.0690. The van der Waals surface area contributed by atoms with Crippen molar-refractivity contribution in [2.75, 3.05) is 6.61 Å². The van der Waals surface area contributed by atoms with Gasteiger partial charge in [-0.05, 0) is 25.1 Å². The van der Waals surface area contributed by atoms with Gasteiger partial charge in [-0.1, -0.05) is 18.2 Å². The van der Waals surface area contributed by atoms with E-state index in [1.54, 1.807) is 23.9 Å². The van der Waals surface area contributed by atoms with Crippen LogP contribution in [0.1, 0.15) is 23.0 Å². The number of rotatable bonds is 6. The minimum absolute atomic E-state index is 0.0630. The first-order valence-electron chi connectivity index (χ1n) is 6.23. The Balaban J connectivity index is 2.09. The third-order valence-electron chi connectivity index (χ3n) is 2.62. The fourth-order valence-electron chi connectivity index (χ4n) is 1.70. The number of aromatic nitrogens is 1. The van der Waals surface area contributed by atoms with Crippen LogP contribution < -0.4 is 4.74 Å². The maximum absolute atomic E-state index is 10.9. The molecule has 0 unspecified atom stereocenters. The zero-order chi connectivity index (χ0) is 14.4. The van der Waals surface area contributed by atoms with Crippen LogP contribution in [-0.2, 0) is 5.75 Å². The van der Waals surface area contributed by atoms with Crippen LogP contribution in [-0.4, -0.2) is 22.7 Å². The Labute approximate surface area is 121 Å². The fourth-order valence-corrected chi connectivity index (χ4v) is 2.61. The van der Waals surface area contributed by atoms with Crippen molar-refractivity contribution in [3.63, 3.8) is 0 Å². The molecule has 1 aromatic heterocycles. The molecule has 1 heterocycles. The highest BCUT2D eigenvalue weighted by Gasteiger charge is 2.07. The lowest BCUT2D eigenvalue weighted by atomic mass is 10.2. The second-order valence-corrected chi connectivity index (χ2v) is 5.06. The number of hydrogen-bond donors (Lipinski definition) is 1. The van der Waals surface area contributed by atoms with E-state index in [-0.39, 0.29) is 5.69 Å².